The van der Waals surface area contributed by atoms with E-state index < -0.39 is 12.0 Å². The summed E-state index contributed by atoms with van der Waals surface area (Å²) in [7, 11) is 0. The molecule has 0 aromatic heterocycles. The predicted molar refractivity (Wildman–Crippen MR) is 74.0 cm³/mol. The fraction of sp³-hybridized carbons (Fsp3) is 0.500. The van der Waals surface area contributed by atoms with E-state index in [1.807, 2.05) is 19.1 Å². The maximum Gasteiger partial charge on any atom is 0.320 e. The Balaban J connectivity index is 2.69. The zero-order valence-corrected chi connectivity index (χ0v) is 11.2. The molecule has 0 bridgehead atoms. The van der Waals surface area contributed by atoms with E-state index in [2.05, 4.69) is 25.2 Å². The Hall–Kier alpha value is -1.55. The molecule has 4 N–H and O–H groups in total. The van der Waals surface area contributed by atoms with E-state index in [1.54, 1.807) is 0 Å². The van der Waals surface area contributed by atoms with Crippen molar-refractivity contribution in [1.82, 2.24) is 0 Å². The molecule has 1 atom stereocenters. The van der Waals surface area contributed by atoms with E-state index in [0.29, 0.717) is 18.9 Å². The van der Waals surface area contributed by atoms with Gasteiger partial charge in [0.05, 0.1) is 0 Å². The number of carboxylic acids is 1. The second-order valence-electron chi connectivity index (χ2n) is 4.85. The highest BCUT2D eigenvalue weighted by Gasteiger charge is 2.12. The first kappa shape index (κ1) is 14.5. The van der Waals surface area contributed by atoms with Gasteiger partial charge in [0.1, 0.15) is 6.04 Å². The second kappa shape index (κ2) is 6.40. The van der Waals surface area contributed by atoms with Crippen molar-refractivity contribution >= 4 is 11.7 Å². The third-order valence-electron chi connectivity index (χ3n) is 3.00. The number of hydrogen-bond acceptors (Lipinski definition) is 3. The highest BCUT2D eigenvalue weighted by Crippen LogP contribution is 2.27. The molecule has 4 heteroatoms. The average molecular weight is 250 g/mol. The van der Waals surface area contributed by atoms with Gasteiger partial charge in [-0.2, -0.15) is 0 Å². The summed E-state index contributed by atoms with van der Waals surface area (Å²) in [4.78, 5) is 10.6. The van der Waals surface area contributed by atoms with Gasteiger partial charge in [-0.1, -0.05) is 32.0 Å². The summed E-state index contributed by atoms with van der Waals surface area (Å²) in [6.07, 6.45) is 0.418. The minimum Gasteiger partial charge on any atom is -0.480 e. The summed E-state index contributed by atoms with van der Waals surface area (Å²) >= 11 is 0. The van der Waals surface area contributed by atoms with E-state index in [1.165, 1.54) is 11.1 Å². The lowest BCUT2D eigenvalue weighted by Gasteiger charge is -2.17. The van der Waals surface area contributed by atoms with Gasteiger partial charge in [-0.05, 0) is 30.4 Å². The Kier molecular flexibility index (Phi) is 5.16. The molecule has 1 rings (SSSR count). The van der Waals surface area contributed by atoms with E-state index >= 15 is 0 Å². The molecule has 1 unspecified atom stereocenters. The fourth-order valence-corrected chi connectivity index (χ4v) is 1.89. The van der Waals surface area contributed by atoms with Crippen molar-refractivity contribution < 1.29 is 9.90 Å². The fourth-order valence-electron chi connectivity index (χ4n) is 1.89. The third-order valence-corrected chi connectivity index (χ3v) is 3.00. The van der Waals surface area contributed by atoms with Crippen LogP contribution in [-0.4, -0.2) is 23.7 Å². The monoisotopic (exact) mass is 250 g/mol. The summed E-state index contributed by atoms with van der Waals surface area (Å²) in [6.45, 7) is 6.90. The number of hydrogen-bond donors (Lipinski definition) is 3. The van der Waals surface area contributed by atoms with Gasteiger partial charge in [0.25, 0.3) is 0 Å². The quantitative estimate of drug-likeness (QED) is 0.724. The number of anilines is 1. The first-order valence-electron chi connectivity index (χ1n) is 6.25. The van der Waals surface area contributed by atoms with Crippen LogP contribution in [0.5, 0.6) is 0 Å². The van der Waals surface area contributed by atoms with Gasteiger partial charge in [0.2, 0.25) is 0 Å². The second-order valence-corrected chi connectivity index (χ2v) is 4.85. The van der Waals surface area contributed by atoms with Crippen LogP contribution in [0.2, 0.25) is 0 Å². The van der Waals surface area contributed by atoms with Crippen LogP contribution in [0.25, 0.3) is 0 Å². The van der Waals surface area contributed by atoms with Crippen LogP contribution in [0.4, 0.5) is 5.69 Å². The van der Waals surface area contributed by atoms with Crippen LogP contribution < -0.4 is 11.1 Å². The molecule has 18 heavy (non-hydrogen) atoms. The van der Waals surface area contributed by atoms with Crippen molar-refractivity contribution in [3.05, 3.63) is 29.3 Å². The topological polar surface area (TPSA) is 75.3 Å². The minimum absolute atomic E-state index is 0.418. The first-order valence-corrected chi connectivity index (χ1v) is 6.25. The maximum absolute atomic E-state index is 10.6. The van der Waals surface area contributed by atoms with Crippen molar-refractivity contribution in [2.24, 2.45) is 5.73 Å². The van der Waals surface area contributed by atoms with Crippen LogP contribution in [0, 0.1) is 6.92 Å². The number of rotatable bonds is 6. The number of aliphatic carboxylic acids is 1. The van der Waals surface area contributed by atoms with Crippen molar-refractivity contribution in [2.75, 3.05) is 11.9 Å². The molecular formula is C14H22N2O2. The molecule has 1 aromatic rings. The third kappa shape index (κ3) is 3.74. The molecule has 0 heterocycles. The lowest BCUT2D eigenvalue weighted by Crippen LogP contribution is -2.32. The van der Waals surface area contributed by atoms with Crippen LogP contribution in [0.15, 0.2) is 18.2 Å². The Morgan fingerprint density at radius 1 is 1.44 bits per heavy atom. The lowest BCUT2D eigenvalue weighted by molar-refractivity contribution is -0.138. The summed E-state index contributed by atoms with van der Waals surface area (Å²) in [5.74, 6) is -0.522. The summed E-state index contributed by atoms with van der Waals surface area (Å²) in [5.41, 5.74) is 9.00. The Labute approximate surface area is 108 Å². The summed E-state index contributed by atoms with van der Waals surface area (Å²) in [5, 5.41) is 12.0. The highest BCUT2D eigenvalue weighted by molar-refractivity contribution is 5.73. The van der Waals surface area contributed by atoms with Gasteiger partial charge >= 0.3 is 5.97 Å². The predicted octanol–water partition coefficient (Wildman–Crippen LogP) is 2.33. The molecule has 0 saturated carbocycles. The van der Waals surface area contributed by atoms with Crippen molar-refractivity contribution in [3.63, 3.8) is 0 Å². The van der Waals surface area contributed by atoms with Crippen LogP contribution in [0.3, 0.4) is 0 Å². The number of carbonyl (C=O) groups is 1. The highest BCUT2D eigenvalue weighted by atomic mass is 16.4. The molecule has 0 aliphatic heterocycles. The van der Waals surface area contributed by atoms with Gasteiger partial charge in [-0.15, -0.1) is 0 Å². The van der Waals surface area contributed by atoms with Crippen molar-refractivity contribution in [1.29, 1.82) is 0 Å². The van der Waals surface area contributed by atoms with Gasteiger partial charge < -0.3 is 16.2 Å². The molecular weight excluding hydrogens is 228 g/mol. The minimum atomic E-state index is -0.953. The summed E-state index contributed by atoms with van der Waals surface area (Å²) in [6, 6.07) is 5.38. The molecule has 0 saturated heterocycles. The zero-order valence-electron chi connectivity index (χ0n) is 11.2. The van der Waals surface area contributed by atoms with Crippen molar-refractivity contribution in [3.8, 4) is 0 Å². The molecule has 0 aliphatic carbocycles. The number of para-hydroxylation sites is 1. The van der Waals surface area contributed by atoms with Crippen LogP contribution in [0.1, 0.15) is 37.3 Å². The SMILES string of the molecule is Cc1cccc(C(C)C)c1NCCC(N)C(=O)O. The standard InChI is InChI=1S/C14H22N2O2/c1-9(2)11-6-4-5-10(3)13(11)16-8-7-12(15)14(17)18/h4-6,9,12,16H,7-8,15H2,1-3H3,(H,17,18). The van der Waals surface area contributed by atoms with Gasteiger partial charge in [-0.3, -0.25) is 4.79 Å². The normalized spacial score (nSPS) is 12.5. The molecule has 100 valence electrons. The van der Waals surface area contributed by atoms with Gasteiger partial charge in [0.15, 0.2) is 0 Å². The first-order chi connectivity index (χ1) is 8.43. The molecule has 4 nitrogen and oxygen atoms in total. The van der Waals surface area contributed by atoms with Gasteiger partial charge in [-0.25, -0.2) is 0 Å². The Morgan fingerprint density at radius 2 is 2.11 bits per heavy atom. The van der Waals surface area contributed by atoms with Crippen molar-refractivity contribution in [2.45, 2.75) is 39.2 Å². The molecule has 0 fully saturated rings. The molecule has 0 aliphatic rings. The molecule has 0 amide bonds. The molecule has 1 aromatic carbocycles. The van der Waals surface area contributed by atoms with Crippen LogP contribution in [-0.2, 0) is 4.79 Å². The van der Waals surface area contributed by atoms with E-state index in [-0.39, 0.29) is 0 Å². The largest absolute Gasteiger partial charge is 0.480 e. The molecule has 0 radical (unpaired) electrons. The molecule has 0 spiro atoms. The lowest BCUT2D eigenvalue weighted by atomic mass is 9.98. The number of carboxylic acid groups (broad SMARTS) is 1. The van der Waals surface area contributed by atoms with E-state index in [4.69, 9.17) is 10.8 Å². The Morgan fingerprint density at radius 3 is 2.67 bits per heavy atom. The van der Waals surface area contributed by atoms with E-state index in [0.717, 1.165) is 5.69 Å². The number of nitrogens with two attached hydrogens (primary N) is 1. The van der Waals surface area contributed by atoms with Crippen LogP contribution >= 0.6 is 0 Å². The van der Waals surface area contributed by atoms with E-state index in [9.17, 15) is 4.79 Å². The zero-order chi connectivity index (χ0) is 13.7. The summed E-state index contributed by atoms with van der Waals surface area (Å²) < 4.78 is 0. The van der Waals surface area contributed by atoms with Gasteiger partial charge in [0, 0.05) is 12.2 Å². The maximum atomic E-state index is 10.6. The number of nitrogens with one attached hydrogen (secondary N) is 1. The average Bonchev–Trinajstić information content (AvgIpc) is 2.30. The Bertz CT molecular complexity index is 416. The smallest absolute Gasteiger partial charge is 0.320 e. The number of benzene rings is 1. The number of aryl methyl sites for hydroxylation is 1.